The number of Topliss-reactive ketones (excluding diaryl/α,β-unsaturated/α-hetero) is 1. The van der Waals surface area contributed by atoms with Gasteiger partial charge in [-0.1, -0.05) is 6.07 Å². The van der Waals surface area contributed by atoms with Gasteiger partial charge >= 0.3 is 6.18 Å². The maximum Gasteiger partial charge on any atom is 0.416 e. The zero-order chi connectivity index (χ0) is 20.5. The fourth-order valence-corrected chi connectivity index (χ4v) is 2.84. The molecule has 3 aromatic rings. The molecule has 1 N–H and O–H groups in total. The summed E-state index contributed by atoms with van der Waals surface area (Å²) in [5.74, 6) is -0.786. The van der Waals surface area contributed by atoms with Crippen molar-refractivity contribution in [3.05, 3.63) is 53.9 Å². The number of halogens is 3. The van der Waals surface area contributed by atoms with E-state index in [0.29, 0.717) is 16.6 Å². The minimum absolute atomic E-state index is 0.0305. The van der Waals surface area contributed by atoms with Gasteiger partial charge in [-0.15, -0.1) is 0 Å². The van der Waals surface area contributed by atoms with Gasteiger partial charge in [0.25, 0.3) is 0 Å². The Balaban J connectivity index is 1.88. The number of hydrogen-bond donors (Lipinski definition) is 1. The van der Waals surface area contributed by atoms with Crippen LogP contribution in [-0.4, -0.2) is 28.4 Å². The lowest BCUT2D eigenvalue weighted by Gasteiger charge is -2.13. The number of nitrogens with zero attached hydrogens (tertiary/aromatic N) is 2. The molecule has 146 valence electrons. The van der Waals surface area contributed by atoms with Gasteiger partial charge in [0.2, 0.25) is 5.91 Å². The summed E-state index contributed by atoms with van der Waals surface area (Å²) in [7, 11) is 1.24. The van der Waals surface area contributed by atoms with Crippen LogP contribution in [0.1, 0.15) is 22.8 Å². The molecule has 28 heavy (non-hydrogen) atoms. The third kappa shape index (κ3) is 3.98. The standard InChI is InChI=1S/C19H16F3N3O3/c1-11(26)15-4-3-5-16-18(15)25(10-23-16)9-17(27)24-13-6-12(19(20,21)22)7-14(8-13)28-2/h3-8,10H,9H2,1-2H3,(H,24,27). The van der Waals surface area contributed by atoms with Crippen molar-refractivity contribution in [1.82, 2.24) is 9.55 Å². The number of aromatic nitrogens is 2. The largest absolute Gasteiger partial charge is 0.497 e. The van der Waals surface area contributed by atoms with Crippen molar-refractivity contribution in [3.8, 4) is 5.75 Å². The highest BCUT2D eigenvalue weighted by atomic mass is 19.4. The number of anilines is 1. The number of hydrogen-bond acceptors (Lipinski definition) is 4. The second-order valence-electron chi connectivity index (χ2n) is 6.10. The summed E-state index contributed by atoms with van der Waals surface area (Å²) in [6.07, 6.45) is -3.17. The Bertz CT molecular complexity index is 1060. The number of ketones is 1. The highest BCUT2D eigenvalue weighted by molar-refractivity contribution is 6.05. The minimum atomic E-state index is -4.58. The summed E-state index contributed by atoms with van der Waals surface area (Å²) in [6, 6.07) is 7.98. The zero-order valence-electron chi connectivity index (χ0n) is 15.0. The molecule has 0 saturated carbocycles. The van der Waals surface area contributed by atoms with E-state index in [0.717, 1.165) is 12.1 Å². The molecule has 1 amide bonds. The van der Waals surface area contributed by atoms with Crippen LogP contribution in [-0.2, 0) is 17.5 Å². The number of para-hydroxylation sites is 1. The molecule has 0 aliphatic rings. The van der Waals surface area contributed by atoms with Crippen molar-refractivity contribution in [2.45, 2.75) is 19.6 Å². The number of benzene rings is 2. The van der Waals surface area contributed by atoms with Crippen LogP contribution in [0, 0.1) is 0 Å². The molecule has 0 spiro atoms. The van der Waals surface area contributed by atoms with E-state index in [2.05, 4.69) is 10.3 Å². The van der Waals surface area contributed by atoms with Crippen LogP contribution in [0.3, 0.4) is 0 Å². The number of amides is 1. The van der Waals surface area contributed by atoms with Gasteiger partial charge in [-0.2, -0.15) is 13.2 Å². The van der Waals surface area contributed by atoms with E-state index < -0.39 is 17.6 Å². The highest BCUT2D eigenvalue weighted by Crippen LogP contribution is 2.34. The molecule has 1 heterocycles. The minimum Gasteiger partial charge on any atom is -0.497 e. The number of alkyl halides is 3. The molecule has 1 aromatic heterocycles. The van der Waals surface area contributed by atoms with E-state index in [9.17, 15) is 22.8 Å². The number of fused-ring (bicyclic) bond motifs is 1. The number of carbonyl (C=O) groups excluding carboxylic acids is 2. The van der Waals surface area contributed by atoms with Crippen LogP contribution in [0.2, 0.25) is 0 Å². The predicted octanol–water partition coefficient (Wildman–Crippen LogP) is 3.91. The Morgan fingerprint density at radius 3 is 2.61 bits per heavy atom. The maximum absolute atomic E-state index is 13.0. The summed E-state index contributed by atoms with van der Waals surface area (Å²) in [6.45, 7) is 1.18. The van der Waals surface area contributed by atoms with Crippen LogP contribution in [0.15, 0.2) is 42.7 Å². The maximum atomic E-state index is 13.0. The monoisotopic (exact) mass is 391 g/mol. The number of imidazole rings is 1. The molecular formula is C19H16F3N3O3. The molecule has 3 rings (SSSR count). The van der Waals surface area contributed by atoms with Gasteiger partial charge in [0.15, 0.2) is 5.78 Å². The van der Waals surface area contributed by atoms with Gasteiger partial charge in [0.1, 0.15) is 12.3 Å². The average Bonchev–Trinajstić information content (AvgIpc) is 3.03. The van der Waals surface area contributed by atoms with Crippen molar-refractivity contribution in [2.75, 3.05) is 12.4 Å². The topological polar surface area (TPSA) is 73.2 Å². The predicted molar refractivity (Wildman–Crippen MR) is 96.4 cm³/mol. The van der Waals surface area contributed by atoms with Crippen LogP contribution in [0.25, 0.3) is 11.0 Å². The molecule has 0 unspecified atom stereocenters. The number of ether oxygens (including phenoxy) is 1. The summed E-state index contributed by atoms with van der Waals surface area (Å²) >= 11 is 0. The van der Waals surface area contributed by atoms with Gasteiger partial charge in [0, 0.05) is 17.3 Å². The molecule has 0 bridgehead atoms. The Labute approximate surface area is 157 Å². The molecule has 0 radical (unpaired) electrons. The van der Waals surface area contributed by atoms with Gasteiger partial charge in [-0.3, -0.25) is 9.59 Å². The first-order chi connectivity index (χ1) is 13.2. The van der Waals surface area contributed by atoms with Gasteiger partial charge in [-0.05, 0) is 31.2 Å². The Morgan fingerprint density at radius 2 is 1.96 bits per heavy atom. The molecule has 0 atom stereocenters. The van der Waals surface area contributed by atoms with E-state index in [1.807, 2.05) is 0 Å². The SMILES string of the molecule is COc1cc(NC(=O)Cn2cnc3cccc(C(C)=O)c32)cc(C(F)(F)F)c1. The second-order valence-corrected chi connectivity index (χ2v) is 6.10. The van der Waals surface area contributed by atoms with Crippen molar-refractivity contribution in [3.63, 3.8) is 0 Å². The number of carbonyl (C=O) groups is 2. The summed E-state index contributed by atoms with van der Waals surface area (Å²) in [5.41, 5.74) is 0.457. The number of nitrogens with one attached hydrogen (secondary N) is 1. The van der Waals surface area contributed by atoms with Crippen LogP contribution in [0.4, 0.5) is 18.9 Å². The molecule has 0 saturated heterocycles. The smallest absolute Gasteiger partial charge is 0.416 e. The number of rotatable bonds is 5. The lowest BCUT2D eigenvalue weighted by molar-refractivity contribution is -0.137. The van der Waals surface area contributed by atoms with Crippen molar-refractivity contribution in [2.24, 2.45) is 0 Å². The highest BCUT2D eigenvalue weighted by Gasteiger charge is 2.31. The first kappa shape index (κ1) is 19.4. The van der Waals surface area contributed by atoms with E-state index in [1.54, 1.807) is 18.2 Å². The summed E-state index contributed by atoms with van der Waals surface area (Å²) in [4.78, 5) is 28.4. The Kier molecular flexibility index (Phi) is 5.08. The van der Waals surface area contributed by atoms with Crippen molar-refractivity contribution >= 4 is 28.4 Å². The lowest BCUT2D eigenvalue weighted by Crippen LogP contribution is -2.19. The van der Waals surface area contributed by atoms with Crippen LogP contribution in [0.5, 0.6) is 5.75 Å². The second kappa shape index (κ2) is 7.34. The van der Waals surface area contributed by atoms with E-state index in [1.165, 1.54) is 31.0 Å². The first-order valence-electron chi connectivity index (χ1n) is 8.20. The molecular weight excluding hydrogens is 375 g/mol. The third-order valence-electron chi connectivity index (χ3n) is 4.08. The van der Waals surface area contributed by atoms with Crippen molar-refractivity contribution in [1.29, 1.82) is 0 Å². The van der Waals surface area contributed by atoms with E-state index in [-0.39, 0.29) is 23.8 Å². The summed E-state index contributed by atoms with van der Waals surface area (Å²) < 4.78 is 45.4. The van der Waals surface area contributed by atoms with Gasteiger partial charge < -0.3 is 14.6 Å². The van der Waals surface area contributed by atoms with Crippen LogP contribution < -0.4 is 10.1 Å². The molecule has 9 heteroatoms. The average molecular weight is 391 g/mol. The Hall–Kier alpha value is -3.36. The molecule has 0 aliphatic heterocycles. The fourth-order valence-electron chi connectivity index (χ4n) is 2.84. The molecule has 6 nitrogen and oxygen atoms in total. The quantitative estimate of drug-likeness (QED) is 0.670. The Morgan fingerprint density at radius 1 is 1.21 bits per heavy atom. The molecule has 0 fully saturated rings. The molecule has 0 aliphatic carbocycles. The zero-order valence-corrected chi connectivity index (χ0v) is 15.0. The van der Waals surface area contributed by atoms with E-state index >= 15 is 0 Å². The van der Waals surface area contributed by atoms with Gasteiger partial charge in [0.05, 0.1) is 30.0 Å². The fraction of sp³-hybridized carbons (Fsp3) is 0.211. The van der Waals surface area contributed by atoms with Crippen LogP contribution >= 0.6 is 0 Å². The normalized spacial score (nSPS) is 11.5. The summed E-state index contributed by atoms with van der Waals surface area (Å²) in [5, 5.41) is 2.43. The van der Waals surface area contributed by atoms with Gasteiger partial charge in [-0.25, -0.2) is 4.98 Å². The first-order valence-corrected chi connectivity index (χ1v) is 8.20. The number of methoxy groups -OCH3 is 1. The third-order valence-corrected chi connectivity index (χ3v) is 4.08. The molecule has 2 aromatic carbocycles. The van der Waals surface area contributed by atoms with Crippen molar-refractivity contribution < 1.29 is 27.5 Å². The lowest BCUT2D eigenvalue weighted by atomic mass is 10.1. The van der Waals surface area contributed by atoms with E-state index in [4.69, 9.17) is 4.74 Å².